The molecule has 1 aromatic carbocycles. The second kappa shape index (κ2) is 4.38. The van der Waals surface area contributed by atoms with Gasteiger partial charge in [-0.25, -0.2) is 14.2 Å². The molecule has 19 heavy (non-hydrogen) atoms. The maximum atomic E-state index is 13.7. The van der Waals surface area contributed by atoms with Gasteiger partial charge in [-0.15, -0.1) is 0 Å². The summed E-state index contributed by atoms with van der Waals surface area (Å²) < 4.78 is 55.8. The zero-order valence-electron chi connectivity index (χ0n) is 9.03. The Morgan fingerprint density at radius 1 is 1.32 bits per heavy atom. The van der Waals surface area contributed by atoms with E-state index in [0.29, 0.717) is 6.07 Å². The first kappa shape index (κ1) is 13.1. The highest BCUT2D eigenvalue weighted by atomic mass is 19.4. The number of carbonyl (C=O) groups is 1. The topological polar surface area (TPSA) is 63.3 Å². The van der Waals surface area contributed by atoms with Gasteiger partial charge >= 0.3 is 12.1 Å². The maximum Gasteiger partial charge on any atom is 0.419 e. The summed E-state index contributed by atoms with van der Waals surface area (Å²) in [6.45, 7) is 0. The Bertz CT molecular complexity index is 633. The van der Waals surface area contributed by atoms with Crippen LogP contribution in [0.5, 0.6) is 0 Å². The minimum atomic E-state index is -4.86. The molecule has 100 valence electrons. The summed E-state index contributed by atoms with van der Waals surface area (Å²) in [6.07, 6.45) is -4.14. The molecule has 0 bridgehead atoms. The van der Waals surface area contributed by atoms with Crippen LogP contribution in [0.15, 0.2) is 28.9 Å². The highest BCUT2D eigenvalue weighted by Crippen LogP contribution is 2.35. The summed E-state index contributed by atoms with van der Waals surface area (Å²) in [7, 11) is 0. The van der Waals surface area contributed by atoms with Crippen molar-refractivity contribution in [2.24, 2.45) is 0 Å². The van der Waals surface area contributed by atoms with Gasteiger partial charge in [-0.3, -0.25) is 0 Å². The fourth-order valence-electron chi connectivity index (χ4n) is 1.41. The van der Waals surface area contributed by atoms with Crippen LogP contribution in [0, 0.1) is 5.82 Å². The van der Waals surface area contributed by atoms with Gasteiger partial charge in [0.25, 0.3) is 0 Å². The number of carboxylic acid groups (broad SMARTS) is 1. The molecule has 0 unspecified atom stereocenters. The molecule has 0 atom stereocenters. The molecule has 0 aliphatic carbocycles. The lowest BCUT2D eigenvalue weighted by Gasteiger charge is -2.09. The predicted molar refractivity (Wildman–Crippen MR) is 53.9 cm³/mol. The Morgan fingerprint density at radius 3 is 2.53 bits per heavy atom. The molecule has 8 heteroatoms. The van der Waals surface area contributed by atoms with Crippen LogP contribution in [0.2, 0.25) is 0 Å². The molecule has 0 fully saturated rings. The normalized spacial score (nSPS) is 11.6. The third kappa shape index (κ3) is 2.42. The first-order valence-corrected chi connectivity index (χ1v) is 4.85. The Labute approximate surface area is 103 Å². The molecule has 4 nitrogen and oxygen atoms in total. The molecule has 0 amide bonds. The van der Waals surface area contributed by atoms with Gasteiger partial charge in [0.05, 0.1) is 11.1 Å². The Morgan fingerprint density at radius 2 is 2.00 bits per heavy atom. The second-order valence-corrected chi connectivity index (χ2v) is 3.51. The molecular weight excluding hydrogens is 270 g/mol. The smallest absolute Gasteiger partial charge is 0.419 e. The van der Waals surface area contributed by atoms with Crippen molar-refractivity contribution < 1.29 is 31.9 Å². The molecule has 2 rings (SSSR count). The first-order chi connectivity index (χ1) is 8.80. The Balaban J connectivity index is 2.54. The van der Waals surface area contributed by atoms with E-state index in [0.717, 1.165) is 18.4 Å². The van der Waals surface area contributed by atoms with Gasteiger partial charge in [-0.1, -0.05) is 6.07 Å². The van der Waals surface area contributed by atoms with Gasteiger partial charge < -0.3 is 9.52 Å². The van der Waals surface area contributed by atoms with Crippen molar-refractivity contribution in [3.8, 4) is 11.5 Å². The van der Waals surface area contributed by atoms with Crippen LogP contribution < -0.4 is 0 Å². The zero-order valence-corrected chi connectivity index (χ0v) is 9.03. The van der Waals surface area contributed by atoms with Gasteiger partial charge in [0.15, 0.2) is 5.69 Å². The second-order valence-electron chi connectivity index (χ2n) is 3.51. The largest absolute Gasteiger partial charge is 0.476 e. The summed E-state index contributed by atoms with van der Waals surface area (Å²) in [5, 5.41) is 8.60. The summed E-state index contributed by atoms with van der Waals surface area (Å²) >= 11 is 0. The van der Waals surface area contributed by atoms with Gasteiger partial charge in [0.1, 0.15) is 12.1 Å². The number of aromatic carboxylic acids is 1. The van der Waals surface area contributed by atoms with Crippen molar-refractivity contribution >= 4 is 5.97 Å². The quantitative estimate of drug-likeness (QED) is 0.855. The number of aromatic nitrogens is 1. The van der Waals surface area contributed by atoms with Crippen LogP contribution in [0.4, 0.5) is 17.6 Å². The molecule has 0 saturated heterocycles. The number of halogens is 4. The van der Waals surface area contributed by atoms with Crippen LogP contribution in [-0.4, -0.2) is 16.1 Å². The van der Waals surface area contributed by atoms with Crippen LogP contribution in [0.1, 0.15) is 16.1 Å². The van der Waals surface area contributed by atoms with Crippen LogP contribution in [-0.2, 0) is 6.18 Å². The number of rotatable bonds is 2. The SMILES string of the molecule is O=C(O)c1coc(-c2cccc(C(F)(F)F)c2F)n1. The molecule has 1 N–H and O–H groups in total. The van der Waals surface area contributed by atoms with E-state index in [9.17, 15) is 22.4 Å². The standard InChI is InChI=1S/C11H5F4NO3/c12-8-5(2-1-3-6(8)11(13,14)15)9-16-7(4-19-9)10(17)18/h1-4H,(H,17,18). The highest BCUT2D eigenvalue weighted by Gasteiger charge is 2.35. The lowest BCUT2D eigenvalue weighted by atomic mass is 10.1. The molecule has 1 heterocycles. The number of hydrogen-bond acceptors (Lipinski definition) is 3. The predicted octanol–water partition coefficient (Wildman–Crippen LogP) is 3.20. The fourth-order valence-corrected chi connectivity index (χ4v) is 1.41. The first-order valence-electron chi connectivity index (χ1n) is 4.85. The lowest BCUT2D eigenvalue weighted by Crippen LogP contribution is -2.08. The fraction of sp³-hybridized carbons (Fsp3) is 0.0909. The molecule has 0 radical (unpaired) electrons. The number of carboxylic acids is 1. The van der Waals surface area contributed by atoms with Crippen molar-refractivity contribution in [3.05, 3.63) is 41.5 Å². The van der Waals surface area contributed by atoms with E-state index in [2.05, 4.69) is 9.40 Å². The molecule has 0 aliphatic rings. The number of hydrogen-bond donors (Lipinski definition) is 1. The van der Waals surface area contributed by atoms with Crippen molar-refractivity contribution in [2.45, 2.75) is 6.18 Å². The van der Waals surface area contributed by atoms with E-state index >= 15 is 0 Å². The van der Waals surface area contributed by atoms with Gasteiger partial charge in [0, 0.05) is 0 Å². The molecule has 0 spiro atoms. The van der Waals surface area contributed by atoms with Gasteiger partial charge in [-0.2, -0.15) is 13.2 Å². The number of oxazole rings is 1. The Hall–Kier alpha value is -2.38. The van der Waals surface area contributed by atoms with E-state index in [4.69, 9.17) is 5.11 Å². The lowest BCUT2D eigenvalue weighted by molar-refractivity contribution is -0.139. The molecule has 1 aromatic heterocycles. The molecular formula is C11H5F4NO3. The van der Waals surface area contributed by atoms with E-state index in [1.165, 1.54) is 0 Å². The Kier molecular flexibility index (Phi) is 3.01. The van der Waals surface area contributed by atoms with Crippen LogP contribution >= 0.6 is 0 Å². The van der Waals surface area contributed by atoms with Crippen molar-refractivity contribution in [2.75, 3.05) is 0 Å². The number of benzene rings is 1. The summed E-state index contributed by atoms with van der Waals surface area (Å²) in [5.41, 5.74) is -2.55. The minimum absolute atomic E-state index is 0.521. The third-order valence-electron chi connectivity index (χ3n) is 2.26. The zero-order chi connectivity index (χ0) is 14.2. The van der Waals surface area contributed by atoms with Crippen molar-refractivity contribution in [3.63, 3.8) is 0 Å². The number of nitrogens with zero attached hydrogens (tertiary/aromatic N) is 1. The van der Waals surface area contributed by atoms with E-state index in [1.54, 1.807) is 0 Å². The van der Waals surface area contributed by atoms with E-state index < -0.39 is 40.7 Å². The maximum absolute atomic E-state index is 13.7. The van der Waals surface area contributed by atoms with Gasteiger partial charge in [0.2, 0.25) is 5.89 Å². The van der Waals surface area contributed by atoms with Crippen molar-refractivity contribution in [1.82, 2.24) is 4.98 Å². The molecule has 0 saturated carbocycles. The summed E-state index contributed by atoms with van der Waals surface area (Å²) in [4.78, 5) is 14.0. The minimum Gasteiger partial charge on any atom is -0.476 e. The molecule has 0 aliphatic heterocycles. The van der Waals surface area contributed by atoms with E-state index in [1.807, 2.05) is 0 Å². The monoisotopic (exact) mass is 275 g/mol. The van der Waals surface area contributed by atoms with Crippen LogP contribution in [0.3, 0.4) is 0 Å². The van der Waals surface area contributed by atoms with E-state index in [-0.39, 0.29) is 0 Å². The van der Waals surface area contributed by atoms with Crippen molar-refractivity contribution in [1.29, 1.82) is 0 Å². The molecule has 2 aromatic rings. The summed E-state index contributed by atoms with van der Waals surface area (Å²) in [5.74, 6) is -3.52. The summed E-state index contributed by atoms with van der Waals surface area (Å²) in [6, 6.07) is 2.56. The highest BCUT2D eigenvalue weighted by molar-refractivity contribution is 5.85. The average Bonchev–Trinajstić information content (AvgIpc) is 2.77. The van der Waals surface area contributed by atoms with Gasteiger partial charge in [-0.05, 0) is 12.1 Å². The third-order valence-corrected chi connectivity index (χ3v) is 2.26. The number of alkyl halides is 3. The van der Waals surface area contributed by atoms with Crippen LogP contribution in [0.25, 0.3) is 11.5 Å². The average molecular weight is 275 g/mol.